The molecule has 0 saturated heterocycles. The number of hydrogen-bond donors (Lipinski definition) is 0. The summed E-state index contributed by atoms with van der Waals surface area (Å²) >= 11 is 2.00. The minimum atomic E-state index is 0. The van der Waals surface area contributed by atoms with Gasteiger partial charge in [0.05, 0.1) is 0 Å². The summed E-state index contributed by atoms with van der Waals surface area (Å²) in [5, 5.41) is 0. The van der Waals surface area contributed by atoms with Gasteiger partial charge < -0.3 is 22.3 Å². The topological polar surface area (TPSA) is 0 Å². The van der Waals surface area contributed by atoms with Gasteiger partial charge in [0.15, 0.2) is 0 Å². The van der Waals surface area contributed by atoms with Gasteiger partial charge in [0.1, 0.15) is 0 Å². The van der Waals surface area contributed by atoms with Gasteiger partial charge in [-0.2, -0.15) is 0 Å². The van der Waals surface area contributed by atoms with Crippen molar-refractivity contribution >= 4 is 16.5 Å². The molecule has 0 aromatic heterocycles. The van der Waals surface area contributed by atoms with E-state index in [-0.39, 0.29) is 78.9 Å². The molecule has 0 nitrogen and oxygen atoms in total. The molecule has 35 valence electrons. The van der Waals surface area contributed by atoms with Crippen LogP contribution >= 0.6 is 0 Å². The molecule has 4 heteroatoms. The van der Waals surface area contributed by atoms with Gasteiger partial charge in [-0.05, 0) is 0 Å². The molecule has 0 rings (SSSR count). The third kappa shape index (κ3) is 82.2. The van der Waals surface area contributed by atoms with Gasteiger partial charge in [0.2, 0.25) is 0 Å². The van der Waals surface area contributed by atoms with E-state index in [4.69, 9.17) is 0 Å². The zero-order valence-corrected chi connectivity index (χ0v) is 9.60. The van der Waals surface area contributed by atoms with E-state index in [2.05, 4.69) is 0 Å². The molecule has 0 aliphatic carbocycles. The molecule has 0 amide bonds. The molecule has 0 aromatic rings. The van der Waals surface area contributed by atoms with E-state index in [1.54, 1.807) is 0 Å². The smallest absolute Gasteiger partial charge is 1.00 e. The molecular weight excluding hydrogens is 141 g/mol. The zero-order chi connectivity index (χ0) is 2.00. The monoisotopic (exact) mass is 155 g/mol. The van der Waals surface area contributed by atoms with Crippen LogP contribution in [0.5, 0.6) is 0 Å². The minimum Gasteiger partial charge on any atom is 1.00 e. The maximum Gasteiger partial charge on any atom is 1.00 e. The zero-order valence-electron chi connectivity index (χ0n) is 7.50. The molecule has 3 radical (unpaired) electrons. The van der Waals surface area contributed by atoms with Crippen molar-refractivity contribution in [3.05, 3.63) is 22.3 Å². The Hall–Kier alpha value is 2.34. The largest absolute Gasteiger partial charge is 1.00 e. The summed E-state index contributed by atoms with van der Waals surface area (Å²) < 4.78 is 0. The molecule has 8 heavy (non-hydrogen) atoms. The fourth-order valence-electron chi connectivity index (χ4n) is 0. The first kappa shape index (κ1) is 81.0. The van der Waals surface area contributed by atoms with Crippen LogP contribution < -0.4 is 56.6 Å². The molecule has 0 fully saturated rings. The predicted octanol–water partition coefficient (Wildman–Crippen LogP) is -7.43. The first-order valence-electron chi connectivity index (χ1n) is 0.500. The summed E-state index contributed by atoms with van der Waals surface area (Å²) in [7, 11) is 0. The fraction of sp³-hybridized carbons (Fsp3) is 0.250. The van der Waals surface area contributed by atoms with Gasteiger partial charge >= 0.3 is 78.9 Å². The standard InChI is InChI=1S/CH3Ge.3CH3.3Li/c1-2;;;;;;/h1H3;3*1H3;;;/q;3*-1;3*+1. The summed E-state index contributed by atoms with van der Waals surface area (Å²) in [4.78, 5) is 0. The Labute approximate surface area is 100 Å². The Morgan fingerprint density at radius 2 is 0.625 bits per heavy atom. The average Bonchev–Trinajstić information content (AvgIpc) is 1.00. The molecule has 0 aliphatic heterocycles. The molecule has 0 saturated carbocycles. The summed E-state index contributed by atoms with van der Waals surface area (Å²) in [6.45, 7) is 0. The van der Waals surface area contributed by atoms with Crippen molar-refractivity contribution in [3.8, 4) is 0 Å². The molecule has 0 N–H and O–H groups in total. The molecule has 0 atom stereocenters. The Kier molecular flexibility index (Phi) is 1200. The van der Waals surface area contributed by atoms with Crippen molar-refractivity contribution in [1.29, 1.82) is 0 Å². The van der Waals surface area contributed by atoms with E-state index in [1.165, 1.54) is 0 Å². The van der Waals surface area contributed by atoms with Crippen LogP contribution in [0.1, 0.15) is 0 Å². The van der Waals surface area contributed by atoms with Gasteiger partial charge in [-0.3, -0.25) is 0 Å². The normalized spacial score (nSPS) is 0.750. The SMILES string of the molecule is [CH3-].[CH3-].[CH3-].[CH3][Ge].[Li+].[Li+].[Li+]. The van der Waals surface area contributed by atoms with Crippen molar-refractivity contribution in [2.24, 2.45) is 0 Å². The van der Waals surface area contributed by atoms with Crippen molar-refractivity contribution in [2.75, 3.05) is 0 Å². The van der Waals surface area contributed by atoms with Gasteiger partial charge in [0, 0.05) is 0 Å². The van der Waals surface area contributed by atoms with E-state index in [9.17, 15) is 0 Å². The second kappa shape index (κ2) is 119. The van der Waals surface area contributed by atoms with E-state index >= 15 is 0 Å². The Bertz CT molecular complexity index is 11.2. The van der Waals surface area contributed by atoms with Gasteiger partial charge in [-0.1, -0.05) is 0 Å². The molecular formula is C4H12GeLi3. The van der Waals surface area contributed by atoms with Crippen LogP contribution in [0.2, 0.25) is 5.76 Å². The molecule has 0 aromatic carbocycles. The van der Waals surface area contributed by atoms with Crippen molar-refractivity contribution in [2.45, 2.75) is 5.76 Å². The first-order chi connectivity index (χ1) is 1.00. The maximum atomic E-state index is 2.00. The first-order valence-corrected chi connectivity index (χ1v) is 2.60. The van der Waals surface area contributed by atoms with Crippen LogP contribution in [-0.2, 0) is 0 Å². The Morgan fingerprint density at radius 3 is 0.625 bits per heavy atom. The number of rotatable bonds is 0. The summed E-state index contributed by atoms with van der Waals surface area (Å²) in [5.74, 6) is 2.00. The van der Waals surface area contributed by atoms with Crippen LogP contribution in [-0.4, -0.2) is 16.5 Å². The van der Waals surface area contributed by atoms with Gasteiger partial charge in [0.25, 0.3) is 0 Å². The quantitative estimate of drug-likeness (QED) is 0.240. The van der Waals surface area contributed by atoms with E-state index in [0.717, 1.165) is 0 Å². The van der Waals surface area contributed by atoms with Crippen molar-refractivity contribution in [3.63, 3.8) is 0 Å². The Morgan fingerprint density at radius 1 is 0.625 bits per heavy atom. The molecule has 0 heterocycles. The molecule has 0 spiro atoms. The minimum absolute atomic E-state index is 0. The van der Waals surface area contributed by atoms with Gasteiger partial charge in [-0.15, -0.1) is 0 Å². The predicted molar refractivity (Wildman–Crippen MR) is 30.9 cm³/mol. The fourth-order valence-corrected chi connectivity index (χ4v) is 0. The van der Waals surface area contributed by atoms with E-state index in [1.807, 2.05) is 22.3 Å². The summed E-state index contributed by atoms with van der Waals surface area (Å²) in [6, 6.07) is 0. The van der Waals surface area contributed by atoms with Crippen LogP contribution in [0.3, 0.4) is 0 Å². The van der Waals surface area contributed by atoms with E-state index < -0.39 is 0 Å². The van der Waals surface area contributed by atoms with Crippen molar-refractivity contribution < 1.29 is 56.6 Å². The summed E-state index contributed by atoms with van der Waals surface area (Å²) in [6.07, 6.45) is 0. The van der Waals surface area contributed by atoms with Crippen LogP contribution in [0.15, 0.2) is 0 Å². The van der Waals surface area contributed by atoms with Crippen LogP contribution in [0, 0.1) is 22.3 Å². The third-order valence-electron chi connectivity index (χ3n) is 0. The average molecular weight is 154 g/mol. The Balaban J connectivity index is -0.000000000333. The molecule has 0 unspecified atom stereocenters. The second-order valence-electron chi connectivity index (χ2n) is 0. The van der Waals surface area contributed by atoms with Crippen molar-refractivity contribution in [1.82, 2.24) is 0 Å². The maximum absolute atomic E-state index is 2.00. The number of hydrogen-bond acceptors (Lipinski definition) is 0. The molecule has 0 bridgehead atoms. The third-order valence-corrected chi connectivity index (χ3v) is 0. The summed E-state index contributed by atoms with van der Waals surface area (Å²) in [5.41, 5.74) is 0. The van der Waals surface area contributed by atoms with Gasteiger partial charge in [-0.25, -0.2) is 0 Å². The van der Waals surface area contributed by atoms with Crippen LogP contribution in [0.25, 0.3) is 0 Å². The van der Waals surface area contributed by atoms with Crippen LogP contribution in [0.4, 0.5) is 0 Å². The molecule has 0 aliphatic rings. The van der Waals surface area contributed by atoms with E-state index in [0.29, 0.717) is 0 Å². The second-order valence-corrected chi connectivity index (χ2v) is 0.